The Labute approximate surface area is 717 Å². The molecule has 0 aliphatic carbocycles. The highest BCUT2D eigenvalue weighted by Gasteiger charge is 2.45. The van der Waals surface area contributed by atoms with Crippen LogP contribution >= 0.6 is 0 Å². The van der Waals surface area contributed by atoms with Gasteiger partial charge in [0.2, 0.25) is 0 Å². The van der Waals surface area contributed by atoms with E-state index in [0.717, 1.165) is 234 Å². The van der Waals surface area contributed by atoms with Crippen LogP contribution < -0.4 is 97.1 Å². The summed E-state index contributed by atoms with van der Waals surface area (Å²) in [6.45, 7) is 29.0. The first-order valence-electron chi connectivity index (χ1n) is 46.4. The van der Waals surface area contributed by atoms with Gasteiger partial charge in [0, 0.05) is 105 Å². The molecule has 0 spiro atoms. The highest BCUT2D eigenvalue weighted by molar-refractivity contribution is 5.93. The second-order valence-corrected chi connectivity index (χ2v) is 31.6. The lowest BCUT2D eigenvalue weighted by Gasteiger charge is -2.38. The molecule has 0 radical (unpaired) electrons. The van der Waals surface area contributed by atoms with Gasteiger partial charge >= 0.3 is 0 Å². The van der Waals surface area contributed by atoms with Gasteiger partial charge in [0.25, 0.3) is 5.91 Å². The van der Waals surface area contributed by atoms with Gasteiger partial charge < -0.3 is 174 Å². The Balaban J connectivity index is 9.24. The van der Waals surface area contributed by atoms with Crippen molar-refractivity contribution in [1.29, 1.82) is 0 Å². The molecule has 35 nitrogen and oxygen atoms in total. The Kier molecular flexibility index (Phi) is 84.1. The van der Waals surface area contributed by atoms with E-state index in [4.69, 9.17) is 130 Å². The van der Waals surface area contributed by atoms with E-state index in [0.29, 0.717) is 209 Å². The third kappa shape index (κ3) is 64.6. The number of nitrogens with zero attached hydrogens (tertiary/aromatic N) is 8. The molecular formula is C83H189N25O10. The molecule has 0 aliphatic rings. The minimum absolute atomic E-state index is 0.0201. The Hall–Kier alpha value is -2.14. The van der Waals surface area contributed by atoms with Gasteiger partial charge in [0.1, 0.15) is 5.60 Å². The quantitative estimate of drug-likeness (QED) is 0.0221. The van der Waals surface area contributed by atoms with Crippen molar-refractivity contribution in [3.05, 3.63) is 0 Å². The van der Waals surface area contributed by atoms with Crippen LogP contribution in [0, 0.1) is 0 Å². The van der Waals surface area contributed by atoms with Crippen LogP contribution in [0.25, 0.3) is 0 Å². The van der Waals surface area contributed by atoms with Gasteiger partial charge in [-0.15, -0.1) is 0 Å². The largest absolute Gasteiger partial charge is 0.378 e. The van der Waals surface area contributed by atoms with E-state index in [1.807, 2.05) is 0 Å². The summed E-state index contributed by atoms with van der Waals surface area (Å²) < 4.78 is 56.1. The Bertz CT molecular complexity index is 1850. The van der Waals surface area contributed by atoms with Crippen LogP contribution in [0.3, 0.4) is 0 Å². The molecular weight excluding hydrogens is 1510 g/mol. The van der Waals surface area contributed by atoms with Crippen molar-refractivity contribution in [2.24, 2.45) is 91.7 Å². The van der Waals surface area contributed by atoms with Gasteiger partial charge in [0.05, 0.1) is 33.0 Å². The van der Waals surface area contributed by atoms with E-state index in [9.17, 15) is 0 Å². The average Bonchev–Trinajstić information content (AvgIpc) is 0.813. The van der Waals surface area contributed by atoms with E-state index in [1.165, 1.54) is 0 Å². The SMILES string of the molecule is NCCCN(CCCN)CCCOCC(COCCCN(CCCN)CCCN)(CC(=O)C(OCCCN(CCCN)CCCN)C(OCCCN(CCCN)CCCN)C(=O)NC(COCCCN(CCCN)CCCN)(COCCCN(CCCN)CCCN)OCCCN(CCCN)CCCN)OCCCN(CCCN)CCCN. The number of ether oxygens (including phenoxy) is 8. The first kappa shape index (κ1) is 116. The number of rotatable bonds is 98. The van der Waals surface area contributed by atoms with E-state index in [-0.39, 0.29) is 59.3 Å². The van der Waals surface area contributed by atoms with E-state index < -0.39 is 35.2 Å². The number of hydrogen-bond acceptors (Lipinski definition) is 34. The summed E-state index contributed by atoms with van der Waals surface area (Å²) >= 11 is 0. The van der Waals surface area contributed by atoms with Gasteiger partial charge in [-0.05, 0) is 364 Å². The van der Waals surface area contributed by atoms with Gasteiger partial charge in [-0.1, -0.05) is 0 Å². The summed E-state index contributed by atoms with van der Waals surface area (Å²) in [7, 11) is 0. The predicted octanol–water partition coefficient (Wildman–Crippen LogP) is -2.52. The maximum Gasteiger partial charge on any atom is 0.254 e. The molecule has 1 amide bonds. The molecule has 0 aromatic rings. The van der Waals surface area contributed by atoms with Crippen LogP contribution in [0.5, 0.6) is 0 Å². The number of nitrogens with two attached hydrogens (primary N) is 16. The summed E-state index contributed by atoms with van der Waals surface area (Å²) in [5.41, 5.74) is 94.1. The Morgan fingerprint density at radius 2 is 0.415 bits per heavy atom. The van der Waals surface area contributed by atoms with Crippen molar-refractivity contribution in [2.75, 3.05) is 341 Å². The molecule has 2 unspecified atom stereocenters. The van der Waals surface area contributed by atoms with Crippen LogP contribution in [0.15, 0.2) is 0 Å². The first-order valence-corrected chi connectivity index (χ1v) is 46.4. The summed E-state index contributed by atoms with van der Waals surface area (Å²) in [4.78, 5) is 52.4. The van der Waals surface area contributed by atoms with Crippen LogP contribution in [-0.2, 0) is 47.5 Å². The summed E-state index contributed by atoms with van der Waals surface area (Å²) in [6, 6.07) is 0. The van der Waals surface area contributed by atoms with E-state index in [1.54, 1.807) is 0 Å². The smallest absolute Gasteiger partial charge is 0.254 e. The monoisotopic (exact) mass is 1700 g/mol. The lowest BCUT2D eigenvalue weighted by atomic mass is 9.93. The maximum absolute atomic E-state index is 16.8. The molecule has 0 saturated heterocycles. The molecule has 0 rings (SSSR count). The van der Waals surface area contributed by atoms with Crippen LogP contribution in [0.4, 0.5) is 0 Å². The van der Waals surface area contributed by atoms with E-state index in [2.05, 4.69) is 44.5 Å². The first-order chi connectivity index (χ1) is 57.7. The number of amides is 1. The molecule has 0 fully saturated rings. The maximum atomic E-state index is 16.8. The second-order valence-electron chi connectivity index (χ2n) is 31.6. The lowest BCUT2D eigenvalue weighted by Crippen LogP contribution is -2.62. The van der Waals surface area contributed by atoms with Crippen molar-refractivity contribution in [1.82, 2.24) is 44.5 Å². The molecule has 706 valence electrons. The molecule has 0 aromatic heterocycles. The van der Waals surface area contributed by atoms with Crippen molar-refractivity contribution in [2.45, 2.75) is 184 Å². The fraction of sp³-hybridized carbons (Fsp3) is 0.976. The minimum Gasteiger partial charge on any atom is -0.378 e. The summed E-state index contributed by atoms with van der Waals surface area (Å²) in [5, 5.41) is 3.41. The fourth-order valence-electron chi connectivity index (χ4n) is 14.3. The van der Waals surface area contributed by atoms with Gasteiger partial charge in [0.15, 0.2) is 23.7 Å². The molecule has 118 heavy (non-hydrogen) atoms. The highest BCUT2D eigenvalue weighted by Crippen LogP contribution is 2.25. The molecule has 0 heterocycles. The van der Waals surface area contributed by atoms with Crippen molar-refractivity contribution < 1.29 is 47.5 Å². The predicted molar refractivity (Wildman–Crippen MR) is 485 cm³/mol. The number of hydrogen-bond donors (Lipinski definition) is 17. The molecule has 0 aromatic carbocycles. The fourth-order valence-corrected chi connectivity index (χ4v) is 14.3. The standard InChI is InChI=1S/C83H189N25O10/c84-25-1-41-101(42-2-26-85)57-17-65-111-74-82(117-71-23-63-107(53-13-37-96)54-14-38-97,75-112-66-18-58-102(43-3-27-86)44-4-28-87)73-78(109)79(115-69-21-61-105(49-9-33-92)50-10-34-93)80(116-70-22-62-106(51-11-35-94)52-12-36-95)81(110)100-83(118-72-24-64-108(55-15-39-98)56-16-40-99,76-113-67-19-59-103(45-5-29-88)46-6-30-89)77-114-68-20-60-104(47-7-31-90)48-8-32-91/h79-80H,1-77,84-99H2,(H,100,110). The number of nitrogens with one attached hydrogen (secondary N) is 1. The van der Waals surface area contributed by atoms with Crippen LogP contribution in [-0.4, -0.2) is 415 Å². The molecule has 35 heteroatoms. The lowest BCUT2D eigenvalue weighted by molar-refractivity contribution is -0.182. The Morgan fingerprint density at radius 3 is 0.644 bits per heavy atom. The average molecular weight is 1700 g/mol. The number of carbonyl (C=O) groups excluding carboxylic acids is 2. The minimum atomic E-state index is -1.64. The topological polar surface area (TPSA) is 562 Å². The van der Waals surface area contributed by atoms with E-state index >= 15 is 9.59 Å². The summed E-state index contributed by atoms with van der Waals surface area (Å²) in [6.07, 6.45) is 14.7. The van der Waals surface area contributed by atoms with Crippen molar-refractivity contribution in [3.63, 3.8) is 0 Å². The zero-order chi connectivity index (χ0) is 86.7. The van der Waals surface area contributed by atoms with Crippen molar-refractivity contribution in [3.8, 4) is 0 Å². The van der Waals surface area contributed by atoms with Gasteiger partial charge in [-0.2, -0.15) is 0 Å². The molecule has 0 saturated carbocycles. The third-order valence-electron chi connectivity index (χ3n) is 20.9. The van der Waals surface area contributed by atoms with Crippen LogP contribution in [0.2, 0.25) is 0 Å². The van der Waals surface area contributed by atoms with Crippen LogP contribution in [0.1, 0.15) is 161 Å². The second kappa shape index (κ2) is 85.6. The Morgan fingerprint density at radius 1 is 0.229 bits per heavy atom. The normalized spacial score (nSPS) is 13.0. The molecule has 2 atom stereocenters. The number of Topliss-reactive ketones (excluding diaryl/α,β-unsaturated/α-hetero) is 1. The third-order valence-corrected chi connectivity index (χ3v) is 20.9. The molecule has 0 aliphatic heterocycles. The zero-order valence-corrected chi connectivity index (χ0v) is 75.0. The highest BCUT2D eigenvalue weighted by atomic mass is 16.6. The number of ketones is 1. The zero-order valence-electron chi connectivity index (χ0n) is 75.0. The van der Waals surface area contributed by atoms with Crippen molar-refractivity contribution >= 4 is 11.7 Å². The molecule has 33 N–H and O–H groups in total. The number of carbonyl (C=O) groups is 2. The van der Waals surface area contributed by atoms with Gasteiger partial charge in [-0.3, -0.25) is 9.59 Å². The molecule has 0 bridgehead atoms. The summed E-state index contributed by atoms with van der Waals surface area (Å²) in [5.74, 6) is -1.08. The van der Waals surface area contributed by atoms with Gasteiger partial charge in [-0.25, -0.2) is 0 Å².